The van der Waals surface area contributed by atoms with Crippen LogP contribution in [0.2, 0.25) is 0 Å². The Kier molecular flexibility index (Phi) is 3.36. The Morgan fingerprint density at radius 3 is 3.00 bits per heavy atom. The van der Waals surface area contributed by atoms with Crippen LogP contribution >= 0.6 is 0 Å². The van der Waals surface area contributed by atoms with E-state index in [-0.39, 0.29) is 0 Å². The van der Waals surface area contributed by atoms with E-state index < -0.39 is 0 Å². The first-order valence-corrected chi connectivity index (χ1v) is 7.90. The van der Waals surface area contributed by atoms with Gasteiger partial charge in [-0.1, -0.05) is 18.2 Å². The lowest BCUT2D eigenvalue weighted by Gasteiger charge is -2.25. The molecule has 0 amide bonds. The summed E-state index contributed by atoms with van der Waals surface area (Å²) in [5.41, 5.74) is 5.72. The third kappa shape index (κ3) is 2.42. The van der Waals surface area contributed by atoms with Crippen molar-refractivity contribution in [3.8, 4) is 0 Å². The maximum absolute atomic E-state index is 4.14. The van der Waals surface area contributed by atoms with Gasteiger partial charge in [0.25, 0.3) is 0 Å². The fourth-order valence-corrected chi connectivity index (χ4v) is 3.74. The molecule has 0 radical (unpaired) electrons. The minimum Gasteiger partial charge on any atom is -0.384 e. The number of hydrogen-bond acceptors (Lipinski definition) is 3. The molecule has 21 heavy (non-hydrogen) atoms. The molecule has 0 bridgehead atoms. The lowest BCUT2D eigenvalue weighted by Crippen LogP contribution is -2.23. The smallest absolute Gasteiger partial charge is 0.0419 e. The van der Waals surface area contributed by atoms with Gasteiger partial charge >= 0.3 is 0 Å². The average Bonchev–Trinajstić information content (AvgIpc) is 3.17. The van der Waals surface area contributed by atoms with E-state index in [1.807, 2.05) is 12.4 Å². The van der Waals surface area contributed by atoms with Crippen molar-refractivity contribution in [2.75, 3.05) is 18.4 Å². The third-order valence-electron chi connectivity index (χ3n) is 4.76. The number of nitrogens with zero attached hydrogens (tertiary/aromatic N) is 2. The monoisotopic (exact) mass is 279 g/mol. The highest BCUT2D eigenvalue weighted by Gasteiger charge is 2.27. The van der Waals surface area contributed by atoms with E-state index in [1.54, 1.807) is 0 Å². The summed E-state index contributed by atoms with van der Waals surface area (Å²) >= 11 is 0. The predicted octanol–water partition coefficient (Wildman–Crippen LogP) is 3.39. The van der Waals surface area contributed by atoms with Crippen molar-refractivity contribution >= 4 is 5.69 Å². The van der Waals surface area contributed by atoms with Crippen LogP contribution in [-0.2, 0) is 13.0 Å². The van der Waals surface area contributed by atoms with E-state index in [0.717, 1.165) is 19.5 Å². The van der Waals surface area contributed by atoms with Gasteiger partial charge in [0.1, 0.15) is 0 Å². The zero-order valence-corrected chi connectivity index (χ0v) is 12.3. The van der Waals surface area contributed by atoms with Crippen LogP contribution in [0.1, 0.15) is 35.6 Å². The summed E-state index contributed by atoms with van der Waals surface area (Å²) in [5.74, 6) is 0. The molecule has 3 heteroatoms. The number of benzene rings is 1. The molecule has 0 aliphatic carbocycles. The van der Waals surface area contributed by atoms with Gasteiger partial charge in [0.15, 0.2) is 0 Å². The number of rotatable bonds is 3. The van der Waals surface area contributed by atoms with Crippen LogP contribution in [0, 0.1) is 0 Å². The van der Waals surface area contributed by atoms with Gasteiger partial charge < -0.3 is 5.32 Å². The second-order valence-corrected chi connectivity index (χ2v) is 6.04. The maximum Gasteiger partial charge on any atom is 0.0419 e. The lowest BCUT2D eigenvalue weighted by molar-refractivity contribution is 0.249. The fourth-order valence-electron chi connectivity index (χ4n) is 3.74. The normalized spacial score (nSPS) is 21.2. The third-order valence-corrected chi connectivity index (χ3v) is 4.76. The molecular formula is C18H21N3. The van der Waals surface area contributed by atoms with E-state index in [4.69, 9.17) is 0 Å². The van der Waals surface area contributed by atoms with Crippen molar-refractivity contribution < 1.29 is 0 Å². The van der Waals surface area contributed by atoms with Crippen LogP contribution in [0.15, 0.2) is 42.7 Å². The molecule has 1 fully saturated rings. The highest BCUT2D eigenvalue weighted by molar-refractivity contribution is 5.61. The number of hydrogen-bond donors (Lipinski definition) is 1. The summed E-state index contributed by atoms with van der Waals surface area (Å²) in [6, 6.07) is 11.6. The van der Waals surface area contributed by atoms with Crippen LogP contribution < -0.4 is 5.32 Å². The molecule has 1 atom stereocenters. The number of nitrogens with one attached hydrogen (secondary N) is 1. The second kappa shape index (κ2) is 5.49. The predicted molar refractivity (Wildman–Crippen MR) is 85.3 cm³/mol. The maximum atomic E-state index is 4.14. The summed E-state index contributed by atoms with van der Waals surface area (Å²) < 4.78 is 0. The fraction of sp³-hybridized carbons (Fsp3) is 0.389. The number of likely N-dealkylation sites (tertiary alicyclic amines) is 1. The first-order chi connectivity index (χ1) is 10.4. The molecule has 0 spiro atoms. The standard InChI is InChI=1S/C18H21N3/c1-3-15-8-11-20-18(15)16(4-1)13-21-12-2-5-17(21)14-6-9-19-10-7-14/h1,3-4,6-7,9-10,17,20H,2,5,8,11-13H2. The molecule has 1 unspecified atom stereocenters. The van der Waals surface area contributed by atoms with E-state index in [2.05, 4.69) is 45.5 Å². The van der Waals surface area contributed by atoms with Crippen LogP contribution in [-0.4, -0.2) is 23.0 Å². The molecule has 2 aliphatic heterocycles. The van der Waals surface area contributed by atoms with Crippen molar-refractivity contribution in [2.45, 2.75) is 31.8 Å². The summed E-state index contributed by atoms with van der Waals surface area (Å²) in [5, 5.41) is 3.56. The van der Waals surface area contributed by atoms with Gasteiger partial charge in [-0.15, -0.1) is 0 Å². The van der Waals surface area contributed by atoms with Gasteiger partial charge in [-0.3, -0.25) is 9.88 Å². The summed E-state index contributed by atoms with van der Waals surface area (Å²) in [4.78, 5) is 6.76. The lowest BCUT2D eigenvalue weighted by atomic mass is 10.0. The first kappa shape index (κ1) is 12.8. The van der Waals surface area contributed by atoms with Crippen molar-refractivity contribution in [1.29, 1.82) is 0 Å². The highest BCUT2D eigenvalue weighted by Crippen LogP contribution is 2.35. The van der Waals surface area contributed by atoms with Crippen LogP contribution in [0.4, 0.5) is 5.69 Å². The van der Waals surface area contributed by atoms with Crippen LogP contribution in [0.5, 0.6) is 0 Å². The molecule has 1 N–H and O–H groups in total. The average molecular weight is 279 g/mol. The summed E-state index contributed by atoms with van der Waals surface area (Å²) in [6.45, 7) is 3.32. The number of fused-ring (bicyclic) bond motifs is 1. The highest BCUT2D eigenvalue weighted by atomic mass is 15.2. The Morgan fingerprint density at radius 1 is 1.19 bits per heavy atom. The topological polar surface area (TPSA) is 28.2 Å². The molecule has 2 aliphatic rings. The van der Waals surface area contributed by atoms with Crippen molar-refractivity contribution in [1.82, 2.24) is 9.88 Å². The van der Waals surface area contributed by atoms with Gasteiger partial charge in [0.2, 0.25) is 0 Å². The molecule has 1 aromatic heterocycles. The molecule has 1 aromatic carbocycles. The molecule has 3 nitrogen and oxygen atoms in total. The van der Waals surface area contributed by atoms with Crippen molar-refractivity contribution in [3.05, 3.63) is 59.4 Å². The molecule has 0 saturated carbocycles. The van der Waals surface area contributed by atoms with Crippen molar-refractivity contribution in [2.24, 2.45) is 0 Å². The van der Waals surface area contributed by atoms with Gasteiger partial charge in [-0.05, 0) is 54.6 Å². The van der Waals surface area contributed by atoms with Crippen molar-refractivity contribution in [3.63, 3.8) is 0 Å². The molecule has 3 heterocycles. The minimum atomic E-state index is 0.547. The van der Waals surface area contributed by atoms with E-state index in [1.165, 1.54) is 41.8 Å². The quantitative estimate of drug-likeness (QED) is 0.933. The SMILES string of the molecule is c1cc2c(c(CN3CCCC3c3ccncc3)c1)NCC2. The molecule has 4 rings (SSSR count). The molecule has 2 aromatic rings. The zero-order chi connectivity index (χ0) is 14.1. The Labute approximate surface area is 126 Å². The first-order valence-electron chi connectivity index (χ1n) is 7.90. The Hall–Kier alpha value is -1.87. The van der Waals surface area contributed by atoms with Crippen LogP contribution in [0.3, 0.4) is 0 Å². The molecular weight excluding hydrogens is 258 g/mol. The summed E-state index contributed by atoms with van der Waals surface area (Å²) in [6.07, 6.45) is 7.53. The van der Waals surface area contributed by atoms with E-state index in [0.29, 0.717) is 6.04 Å². The molecule has 1 saturated heterocycles. The van der Waals surface area contributed by atoms with Gasteiger partial charge in [-0.2, -0.15) is 0 Å². The zero-order valence-electron chi connectivity index (χ0n) is 12.3. The number of anilines is 1. The number of para-hydroxylation sites is 1. The van der Waals surface area contributed by atoms with Gasteiger partial charge in [0, 0.05) is 37.2 Å². The number of pyridine rings is 1. The minimum absolute atomic E-state index is 0.547. The largest absolute Gasteiger partial charge is 0.384 e. The summed E-state index contributed by atoms with van der Waals surface area (Å²) in [7, 11) is 0. The van der Waals surface area contributed by atoms with Crippen LogP contribution in [0.25, 0.3) is 0 Å². The van der Waals surface area contributed by atoms with E-state index in [9.17, 15) is 0 Å². The Morgan fingerprint density at radius 2 is 2.10 bits per heavy atom. The van der Waals surface area contributed by atoms with E-state index >= 15 is 0 Å². The van der Waals surface area contributed by atoms with Gasteiger partial charge in [-0.25, -0.2) is 0 Å². The molecule has 108 valence electrons. The second-order valence-electron chi connectivity index (χ2n) is 6.04. The Bertz CT molecular complexity index is 624. The van der Waals surface area contributed by atoms with Gasteiger partial charge in [0.05, 0.1) is 0 Å². The number of aromatic nitrogens is 1. The Balaban J connectivity index is 1.58.